The van der Waals surface area contributed by atoms with Crippen molar-refractivity contribution >= 4 is 63.6 Å². The Kier molecular flexibility index (Phi) is 12.5. The third-order valence-corrected chi connectivity index (χ3v) is 10.3. The zero-order valence-corrected chi connectivity index (χ0v) is 31.2. The van der Waals surface area contributed by atoms with Gasteiger partial charge in [0.2, 0.25) is 5.91 Å². The van der Waals surface area contributed by atoms with Crippen molar-refractivity contribution in [2.24, 2.45) is 0 Å². The van der Waals surface area contributed by atoms with Crippen molar-refractivity contribution in [1.82, 2.24) is 5.32 Å². The van der Waals surface area contributed by atoms with Crippen molar-refractivity contribution < 1.29 is 23.9 Å². The lowest BCUT2D eigenvalue weighted by molar-refractivity contribution is -0.116. The van der Waals surface area contributed by atoms with E-state index in [1.807, 2.05) is 109 Å². The SMILES string of the molecule is CCOC(=O)c1c(-c2ccc(C)cc2)csc1NC(=O)C(Sc1cccc(NC(=O)/C(=C/c2ccccc2)NC(=O)c2ccccc2)c1)c1ccccc1. The summed E-state index contributed by atoms with van der Waals surface area (Å²) in [4.78, 5) is 55.0. The van der Waals surface area contributed by atoms with Crippen LogP contribution in [0.5, 0.6) is 0 Å². The summed E-state index contributed by atoms with van der Waals surface area (Å²) < 4.78 is 5.42. The van der Waals surface area contributed by atoms with E-state index in [9.17, 15) is 19.2 Å². The molecule has 6 aromatic rings. The summed E-state index contributed by atoms with van der Waals surface area (Å²) in [5.74, 6) is -1.79. The van der Waals surface area contributed by atoms with Crippen LogP contribution in [0.15, 0.2) is 155 Å². The number of ether oxygens (including phenoxy) is 1. The van der Waals surface area contributed by atoms with E-state index in [0.29, 0.717) is 32.3 Å². The molecule has 0 radical (unpaired) electrons. The number of thioether (sulfide) groups is 1. The number of carbonyl (C=O) groups excluding carboxylic acids is 4. The molecule has 5 aromatic carbocycles. The fraction of sp³-hybridized carbons (Fsp3) is 0.0909. The first-order chi connectivity index (χ1) is 26.3. The second-order valence-corrected chi connectivity index (χ2v) is 14.2. The molecule has 0 saturated heterocycles. The quantitative estimate of drug-likeness (QED) is 0.0615. The predicted molar refractivity (Wildman–Crippen MR) is 218 cm³/mol. The van der Waals surface area contributed by atoms with Crippen LogP contribution in [0.4, 0.5) is 10.7 Å². The van der Waals surface area contributed by atoms with Gasteiger partial charge in [0.25, 0.3) is 11.8 Å². The van der Waals surface area contributed by atoms with E-state index < -0.39 is 23.0 Å². The molecule has 270 valence electrons. The van der Waals surface area contributed by atoms with E-state index in [0.717, 1.165) is 22.3 Å². The Morgan fingerprint density at radius 1 is 0.778 bits per heavy atom. The van der Waals surface area contributed by atoms with Crippen LogP contribution in [0.1, 0.15) is 49.6 Å². The maximum Gasteiger partial charge on any atom is 0.341 e. The van der Waals surface area contributed by atoms with Crippen LogP contribution >= 0.6 is 23.1 Å². The van der Waals surface area contributed by atoms with E-state index in [-0.39, 0.29) is 18.2 Å². The fourth-order valence-corrected chi connectivity index (χ4v) is 7.56. The van der Waals surface area contributed by atoms with Crippen molar-refractivity contribution in [3.8, 4) is 11.1 Å². The van der Waals surface area contributed by atoms with Gasteiger partial charge in [-0.1, -0.05) is 115 Å². The molecule has 0 saturated carbocycles. The van der Waals surface area contributed by atoms with Gasteiger partial charge in [0.15, 0.2) is 0 Å². The third kappa shape index (κ3) is 9.60. The van der Waals surface area contributed by atoms with Gasteiger partial charge in [0, 0.05) is 27.1 Å². The lowest BCUT2D eigenvalue weighted by atomic mass is 10.0. The molecule has 3 N–H and O–H groups in total. The van der Waals surface area contributed by atoms with Crippen LogP contribution in [-0.2, 0) is 14.3 Å². The molecular formula is C44H37N3O5S2. The van der Waals surface area contributed by atoms with Crippen molar-refractivity contribution in [2.45, 2.75) is 24.0 Å². The molecule has 1 aromatic heterocycles. The summed E-state index contributed by atoms with van der Waals surface area (Å²) in [5, 5.41) is 10.2. The van der Waals surface area contributed by atoms with E-state index in [4.69, 9.17) is 4.74 Å². The minimum Gasteiger partial charge on any atom is -0.462 e. The van der Waals surface area contributed by atoms with Crippen LogP contribution in [-0.4, -0.2) is 30.3 Å². The highest BCUT2D eigenvalue weighted by molar-refractivity contribution is 8.00. The average Bonchev–Trinajstić information content (AvgIpc) is 3.61. The molecule has 0 aliphatic rings. The molecule has 1 unspecified atom stereocenters. The zero-order chi connectivity index (χ0) is 37.9. The van der Waals surface area contributed by atoms with Crippen molar-refractivity contribution in [2.75, 3.05) is 17.2 Å². The first-order valence-corrected chi connectivity index (χ1v) is 19.0. The van der Waals surface area contributed by atoms with Crippen LogP contribution in [0.25, 0.3) is 17.2 Å². The summed E-state index contributed by atoms with van der Waals surface area (Å²) >= 11 is 2.57. The molecule has 0 spiro atoms. The molecule has 0 aliphatic carbocycles. The maximum absolute atomic E-state index is 14.2. The number of rotatable bonds is 13. The maximum atomic E-state index is 14.2. The van der Waals surface area contributed by atoms with Gasteiger partial charge in [-0.2, -0.15) is 0 Å². The normalized spacial score (nSPS) is 11.6. The number of carbonyl (C=O) groups is 4. The lowest BCUT2D eigenvalue weighted by Crippen LogP contribution is -2.30. The Balaban J connectivity index is 1.25. The summed E-state index contributed by atoms with van der Waals surface area (Å²) in [6, 6.07) is 42.2. The number of nitrogens with one attached hydrogen (secondary N) is 3. The lowest BCUT2D eigenvalue weighted by Gasteiger charge is -2.18. The van der Waals surface area contributed by atoms with Gasteiger partial charge in [0.1, 0.15) is 21.5 Å². The van der Waals surface area contributed by atoms with Gasteiger partial charge < -0.3 is 20.7 Å². The van der Waals surface area contributed by atoms with Gasteiger partial charge in [0.05, 0.1) is 6.61 Å². The molecule has 8 nitrogen and oxygen atoms in total. The highest BCUT2D eigenvalue weighted by Crippen LogP contribution is 2.40. The summed E-state index contributed by atoms with van der Waals surface area (Å²) in [5.41, 5.74) is 5.35. The molecule has 0 aliphatic heterocycles. The molecule has 1 heterocycles. The second-order valence-electron chi connectivity index (χ2n) is 12.1. The molecule has 6 rings (SSSR count). The van der Waals surface area contributed by atoms with E-state index in [1.165, 1.54) is 23.1 Å². The summed E-state index contributed by atoms with van der Waals surface area (Å²) in [6.07, 6.45) is 1.61. The predicted octanol–water partition coefficient (Wildman–Crippen LogP) is 9.78. The monoisotopic (exact) mass is 751 g/mol. The molecule has 0 fully saturated rings. The van der Waals surface area contributed by atoms with Crippen molar-refractivity contribution in [3.63, 3.8) is 0 Å². The van der Waals surface area contributed by atoms with Crippen molar-refractivity contribution in [1.29, 1.82) is 0 Å². The fourth-order valence-electron chi connectivity index (χ4n) is 5.52. The van der Waals surface area contributed by atoms with E-state index in [1.54, 1.807) is 55.5 Å². The highest BCUT2D eigenvalue weighted by atomic mass is 32.2. The molecule has 10 heteroatoms. The third-order valence-electron chi connectivity index (χ3n) is 8.20. The van der Waals surface area contributed by atoms with E-state index >= 15 is 0 Å². The average molecular weight is 752 g/mol. The molecule has 1 atom stereocenters. The smallest absolute Gasteiger partial charge is 0.341 e. The number of benzene rings is 5. The minimum absolute atomic E-state index is 0.0630. The molecule has 3 amide bonds. The number of anilines is 2. The van der Waals surface area contributed by atoms with Crippen LogP contribution in [0.3, 0.4) is 0 Å². The van der Waals surface area contributed by atoms with Crippen LogP contribution < -0.4 is 16.0 Å². The summed E-state index contributed by atoms with van der Waals surface area (Å²) in [6.45, 7) is 3.93. The number of esters is 1. The van der Waals surface area contributed by atoms with E-state index in [2.05, 4.69) is 16.0 Å². The number of thiophene rings is 1. The second kappa shape index (κ2) is 18.0. The molecule has 0 bridgehead atoms. The van der Waals surface area contributed by atoms with Crippen LogP contribution in [0, 0.1) is 6.92 Å². The van der Waals surface area contributed by atoms with Gasteiger partial charge >= 0.3 is 5.97 Å². The largest absolute Gasteiger partial charge is 0.462 e. The topological polar surface area (TPSA) is 114 Å². The summed E-state index contributed by atoms with van der Waals surface area (Å²) in [7, 11) is 0. The number of hydrogen-bond donors (Lipinski definition) is 3. The van der Waals surface area contributed by atoms with Crippen molar-refractivity contribution in [3.05, 3.63) is 178 Å². The first-order valence-electron chi connectivity index (χ1n) is 17.2. The number of aryl methyl sites for hydroxylation is 1. The van der Waals surface area contributed by atoms with Crippen LogP contribution in [0.2, 0.25) is 0 Å². The van der Waals surface area contributed by atoms with Gasteiger partial charge in [-0.25, -0.2) is 4.79 Å². The molecular weight excluding hydrogens is 715 g/mol. The Morgan fingerprint density at radius 2 is 1.44 bits per heavy atom. The number of amides is 3. The zero-order valence-electron chi connectivity index (χ0n) is 29.6. The van der Waals surface area contributed by atoms with Gasteiger partial charge in [-0.15, -0.1) is 23.1 Å². The molecule has 54 heavy (non-hydrogen) atoms. The Bertz CT molecular complexity index is 2270. The Morgan fingerprint density at radius 3 is 2.13 bits per heavy atom. The number of hydrogen-bond acceptors (Lipinski definition) is 7. The van der Waals surface area contributed by atoms with Gasteiger partial charge in [-0.05, 0) is 66.9 Å². The highest BCUT2D eigenvalue weighted by Gasteiger charge is 2.27. The first kappa shape index (κ1) is 37.5. The Hall–Kier alpha value is -6.23. The van der Waals surface area contributed by atoms with Gasteiger partial charge in [-0.3, -0.25) is 14.4 Å². The minimum atomic E-state index is -0.726. The standard InChI is InChI=1S/C44H37N3O5S2/c1-3-52-44(51)38-36(31-24-22-29(2)23-25-31)28-53-43(38)47-42(50)39(32-16-9-5-10-17-32)54-35-21-13-20-34(27-35)45-41(49)37(26-30-14-7-4-8-15-30)46-40(48)33-18-11-6-12-19-33/h4-28,39H,3H2,1-2H3,(H,45,49)(H,46,48)(H,47,50)/b37-26-. The Labute approximate surface area is 322 Å².